The topological polar surface area (TPSA) is 46.4 Å². The lowest BCUT2D eigenvalue weighted by molar-refractivity contribution is -0.931. The summed E-state index contributed by atoms with van der Waals surface area (Å²) in [4.78, 5) is 19.5. The second-order valence-corrected chi connectivity index (χ2v) is 9.30. The number of likely N-dealkylation sites (tertiary alicyclic amines) is 1. The van der Waals surface area contributed by atoms with Gasteiger partial charge in [-0.2, -0.15) is 0 Å². The van der Waals surface area contributed by atoms with Crippen molar-refractivity contribution < 1.29 is 9.69 Å². The maximum absolute atomic E-state index is 11.9. The van der Waals surface area contributed by atoms with Gasteiger partial charge in [0.15, 0.2) is 0 Å². The molecule has 0 saturated carbocycles. The molecule has 2 N–H and O–H groups in total. The average molecular weight is 385 g/mol. The van der Waals surface area contributed by atoms with E-state index in [4.69, 9.17) is 0 Å². The highest BCUT2D eigenvalue weighted by atomic mass is 32.1. The van der Waals surface area contributed by atoms with Crippen LogP contribution in [0, 0.1) is 5.92 Å². The SMILES string of the molecule is CC(=O)Nc1sc2c(c1C(c1cccnc1)[NH+]1CCC(C)CC1)CCCC2. The Morgan fingerprint density at radius 3 is 2.78 bits per heavy atom. The molecule has 1 aliphatic carbocycles. The number of piperidine rings is 1. The number of hydrogen-bond donors (Lipinski definition) is 2. The van der Waals surface area contributed by atoms with E-state index in [0.29, 0.717) is 0 Å². The molecule has 1 saturated heterocycles. The number of hydrogen-bond acceptors (Lipinski definition) is 3. The molecule has 0 spiro atoms. The third-order valence-electron chi connectivity index (χ3n) is 6.13. The molecule has 3 heterocycles. The van der Waals surface area contributed by atoms with E-state index in [1.54, 1.807) is 11.8 Å². The molecular weight excluding hydrogens is 354 g/mol. The highest BCUT2D eigenvalue weighted by Crippen LogP contribution is 2.42. The number of aromatic nitrogens is 1. The second-order valence-electron chi connectivity index (χ2n) is 8.20. The van der Waals surface area contributed by atoms with E-state index >= 15 is 0 Å². The van der Waals surface area contributed by atoms with Crippen LogP contribution in [-0.4, -0.2) is 24.0 Å². The summed E-state index contributed by atoms with van der Waals surface area (Å²) in [5, 5.41) is 4.25. The second kappa shape index (κ2) is 8.11. The van der Waals surface area contributed by atoms with Crippen molar-refractivity contribution in [2.24, 2.45) is 5.92 Å². The molecule has 1 fully saturated rings. The first kappa shape index (κ1) is 18.6. The Bertz CT molecular complexity index is 793. The van der Waals surface area contributed by atoms with Crippen LogP contribution in [0.3, 0.4) is 0 Å². The minimum absolute atomic E-state index is 0.0297. The number of rotatable bonds is 4. The predicted molar refractivity (Wildman–Crippen MR) is 110 cm³/mol. The largest absolute Gasteiger partial charge is 0.325 e. The number of pyridine rings is 1. The van der Waals surface area contributed by atoms with E-state index in [-0.39, 0.29) is 11.9 Å². The first-order valence-corrected chi connectivity index (χ1v) is 11.1. The quantitative estimate of drug-likeness (QED) is 0.849. The summed E-state index contributed by atoms with van der Waals surface area (Å²) >= 11 is 1.81. The summed E-state index contributed by atoms with van der Waals surface area (Å²) in [6.07, 6.45) is 11.2. The van der Waals surface area contributed by atoms with Gasteiger partial charge in [-0.3, -0.25) is 9.78 Å². The fourth-order valence-electron chi connectivity index (χ4n) is 4.72. The summed E-state index contributed by atoms with van der Waals surface area (Å²) < 4.78 is 0. The number of carbonyl (C=O) groups is 1. The van der Waals surface area contributed by atoms with Crippen LogP contribution in [0.4, 0.5) is 5.00 Å². The maximum Gasteiger partial charge on any atom is 0.221 e. The monoisotopic (exact) mass is 384 g/mol. The Labute approximate surface area is 166 Å². The fraction of sp³-hybridized carbons (Fsp3) is 0.545. The third kappa shape index (κ3) is 3.94. The minimum Gasteiger partial charge on any atom is -0.325 e. The lowest BCUT2D eigenvalue weighted by atomic mass is 9.87. The molecule has 2 aromatic rings. The van der Waals surface area contributed by atoms with Crippen molar-refractivity contribution in [2.75, 3.05) is 18.4 Å². The Morgan fingerprint density at radius 2 is 2.07 bits per heavy atom. The lowest BCUT2D eigenvalue weighted by Crippen LogP contribution is -3.13. The predicted octanol–water partition coefficient (Wildman–Crippen LogP) is 3.38. The third-order valence-corrected chi connectivity index (χ3v) is 7.36. The molecule has 27 heavy (non-hydrogen) atoms. The van der Waals surface area contributed by atoms with Crippen molar-refractivity contribution in [3.63, 3.8) is 0 Å². The van der Waals surface area contributed by atoms with Crippen LogP contribution in [0.5, 0.6) is 0 Å². The lowest BCUT2D eigenvalue weighted by Gasteiger charge is -2.35. The van der Waals surface area contributed by atoms with Gasteiger partial charge in [0.2, 0.25) is 5.91 Å². The van der Waals surface area contributed by atoms with Gasteiger partial charge in [0, 0.05) is 29.8 Å². The first-order chi connectivity index (χ1) is 13.1. The minimum atomic E-state index is 0.0297. The van der Waals surface area contributed by atoms with Crippen molar-refractivity contribution in [1.29, 1.82) is 0 Å². The molecule has 2 aliphatic rings. The number of aryl methyl sites for hydroxylation is 1. The zero-order valence-electron chi connectivity index (χ0n) is 16.4. The van der Waals surface area contributed by atoms with Gasteiger partial charge in [-0.15, -0.1) is 11.3 Å². The molecule has 4 rings (SSSR count). The Kier molecular flexibility index (Phi) is 5.60. The Hall–Kier alpha value is -1.72. The maximum atomic E-state index is 11.9. The summed E-state index contributed by atoms with van der Waals surface area (Å²) in [5.41, 5.74) is 4.16. The van der Waals surface area contributed by atoms with Crippen molar-refractivity contribution >= 4 is 22.2 Å². The zero-order chi connectivity index (χ0) is 18.8. The van der Waals surface area contributed by atoms with E-state index < -0.39 is 0 Å². The Morgan fingerprint density at radius 1 is 1.30 bits per heavy atom. The van der Waals surface area contributed by atoms with Gasteiger partial charge in [0.05, 0.1) is 18.7 Å². The molecule has 1 aliphatic heterocycles. The first-order valence-electron chi connectivity index (χ1n) is 10.3. The molecule has 2 aromatic heterocycles. The van der Waals surface area contributed by atoms with Crippen LogP contribution in [-0.2, 0) is 17.6 Å². The van der Waals surface area contributed by atoms with Gasteiger partial charge in [0.25, 0.3) is 0 Å². The van der Waals surface area contributed by atoms with E-state index in [1.165, 1.54) is 60.3 Å². The number of quaternary nitrogens is 1. The molecular formula is C22H30N3OS+. The van der Waals surface area contributed by atoms with Crippen molar-refractivity contribution in [3.05, 3.63) is 46.1 Å². The van der Waals surface area contributed by atoms with Gasteiger partial charge in [-0.1, -0.05) is 6.92 Å². The van der Waals surface area contributed by atoms with Crippen LogP contribution < -0.4 is 10.2 Å². The number of fused-ring (bicyclic) bond motifs is 1. The fourth-order valence-corrected chi connectivity index (χ4v) is 6.10. The summed E-state index contributed by atoms with van der Waals surface area (Å²) in [5.74, 6) is 0.844. The highest BCUT2D eigenvalue weighted by molar-refractivity contribution is 7.16. The molecule has 1 amide bonds. The van der Waals surface area contributed by atoms with Crippen LogP contribution in [0.15, 0.2) is 24.5 Å². The zero-order valence-corrected chi connectivity index (χ0v) is 17.2. The van der Waals surface area contributed by atoms with Gasteiger partial charge in [-0.05, 0) is 62.1 Å². The molecule has 4 nitrogen and oxygen atoms in total. The molecule has 1 atom stereocenters. The number of nitrogens with one attached hydrogen (secondary N) is 2. The summed E-state index contributed by atoms with van der Waals surface area (Å²) in [7, 11) is 0. The highest BCUT2D eigenvalue weighted by Gasteiger charge is 2.36. The Balaban J connectivity index is 1.82. The number of thiophene rings is 1. The normalized spacial score (nSPS) is 23.5. The van der Waals surface area contributed by atoms with E-state index in [1.807, 2.05) is 29.8 Å². The standard InChI is InChI=1S/C22H29N3OS/c1-15-9-12-25(13-10-15)21(17-6-5-11-23-14-17)20-18-7-3-4-8-19(18)27-22(20)24-16(2)26/h5-6,11,14-15,21H,3-4,7-10,12-13H2,1-2H3,(H,24,26)/p+1. The smallest absolute Gasteiger partial charge is 0.221 e. The van der Waals surface area contributed by atoms with E-state index in [2.05, 4.69) is 23.3 Å². The number of nitrogens with zero attached hydrogens (tertiary/aromatic N) is 1. The van der Waals surface area contributed by atoms with Crippen molar-refractivity contribution in [1.82, 2.24) is 4.98 Å². The van der Waals surface area contributed by atoms with E-state index in [9.17, 15) is 4.79 Å². The molecule has 0 aromatic carbocycles. The number of anilines is 1. The number of carbonyl (C=O) groups excluding carboxylic acids is 1. The van der Waals surface area contributed by atoms with Gasteiger partial charge >= 0.3 is 0 Å². The van der Waals surface area contributed by atoms with Crippen molar-refractivity contribution in [3.8, 4) is 0 Å². The summed E-state index contributed by atoms with van der Waals surface area (Å²) in [6.45, 7) is 6.36. The molecule has 5 heteroatoms. The molecule has 144 valence electrons. The van der Waals surface area contributed by atoms with Gasteiger partial charge in [0.1, 0.15) is 11.0 Å². The van der Waals surface area contributed by atoms with Gasteiger partial charge in [-0.25, -0.2) is 0 Å². The number of amides is 1. The van der Waals surface area contributed by atoms with Crippen LogP contribution >= 0.6 is 11.3 Å². The van der Waals surface area contributed by atoms with Crippen LogP contribution in [0.2, 0.25) is 0 Å². The van der Waals surface area contributed by atoms with Crippen molar-refractivity contribution in [2.45, 2.75) is 58.4 Å². The van der Waals surface area contributed by atoms with E-state index in [0.717, 1.165) is 23.8 Å². The van der Waals surface area contributed by atoms with Gasteiger partial charge < -0.3 is 10.2 Å². The molecule has 0 bridgehead atoms. The molecule has 0 radical (unpaired) electrons. The van der Waals surface area contributed by atoms with Crippen LogP contribution in [0.1, 0.15) is 67.1 Å². The summed E-state index contributed by atoms with van der Waals surface area (Å²) in [6, 6.07) is 4.53. The average Bonchev–Trinajstić information content (AvgIpc) is 3.02. The van der Waals surface area contributed by atoms with Crippen LogP contribution in [0.25, 0.3) is 0 Å². The molecule has 1 unspecified atom stereocenters.